The van der Waals surface area contributed by atoms with Crippen LogP contribution in [0.2, 0.25) is 0 Å². The van der Waals surface area contributed by atoms with Crippen molar-refractivity contribution in [1.82, 2.24) is 9.80 Å². The molecule has 6 nitrogen and oxygen atoms in total. The van der Waals surface area contributed by atoms with Crippen molar-refractivity contribution < 1.29 is 19.2 Å². The summed E-state index contributed by atoms with van der Waals surface area (Å²) < 4.78 is 5.26. The van der Waals surface area contributed by atoms with Gasteiger partial charge in [0.2, 0.25) is 0 Å². The predicted octanol–water partition coefficient (Wildman–Crippen LogP) is 1.19. The molecule has 0 bridgehead atoms. The molecule has 2 rings (SSSR count). The maximum atomic E-state index is 12.6. The van der Waals surface area contributed by atoms with Gasteiger partial charge in [-0.15, -0.1) is 0 Å². The molecule has 28 heavy (non-hydrogen) atoms. The Morgan fingerprint density at radius 3 is 2.21 bits per heavy atom. The van der Waals surface area contributed by atoms with Crippen molar-refractivity contribution in [1.29, 1.82) is 0 Å². The van der Waals surface area contributed by atoms with Crippen LogP contribution in [0, 0.1) is 0 Å². The van der Waals surface area contributed by atoms with Crippen LogP contribution in [0.3, 0.4) is 0 Å². The largest absolute Gasteiger partial charge is 0.497 e. The van der Waals surface area contributed by atoms with E-state index in [0.29, 0.717) is 32.7 Å². The Labute approximate surface area is 167 Å². The lowest BCUT2D eigenvalue weighted by molar-refractivity contribution is -0.863. The van der Waals surface area contributed by atoms with Crippen molar-refractivity contribution in [2.24, 2.45) is 0 Å². The third kappa shape index (κ3) is 5.70. The molecule has 2 aromatic carbocycles. The van der Waals surface area contributed by atoms with Gasteiger partial charge in [-0.3, -0.25) is 9.59 Å². The van der Waals surface area contributed by atoms with Crippen LogP contribution in [0.15, 0.2) is 36.4 Å². The summed E-state index contributed by atoms with van der Waals surface area (Å²) in [6, 6.07) is 12.1. The molecule has 0 aliphatic rings. The zero-order valence-electron chi connectivity index (χ0n) is 17.6. The quantitative estimate of drug-likeness (QED) is 0.704. The third-order valence-corrected chi connectivity index (χ3v) is 4.98. The first-order valence-electron chi connectivity index (χ1n) is 9.77. The molecule has 0 aromatic heterocycles. The molecule has 0 fully saturated rings. The lowest BCUT2D eigenvalue weighted by Gasteiger charge is -2.23. The Hall–Kier alpha value is -2.60. The number of methoxy groups -OCH3 is 1. The van der Waals surface area contributed by atoms with E-state index < -0.39 is 0 Å². The Morgan fingerprint density at radius 1 is 0.964 bits per heavy atom. The molecule has 1 N–H and O–H groups in total. The first-order valence-corrected chi connectivity index (χ1v) is 9.77. The van der Waals surface area contributed by atoms with E-state index in [1.807, 2.05) is 51.2 Å². The number of fused-ring (bicyclic) bond motifs is 1. The number of amides is 2. The van der Waals surface area contributed by atoms with E-state index in [0.717, 1.165) is 27.0 Å². The van der Waals surface area contributed by atoms with Crippen molar-refractivity contribution in [3.05, 3.63) is 42.0 Å². The molecule has 0 saturated carbocycles. The van der Waals surface area contributed by atoms with Crippen molar-refractivity contribution >= 4 is 22.6 Å². The number of quaternary nitrogens is 1. The van der Waals surface area contributed by atoms with Crippen molar-refractivity contribution in [3.63, 3.8) is 0 Å². The summed E-state index contributed by atoms with van der Waals surface area (Å²) in [6.45, 7) is 6.50. The first-order chi connectivity index (χ1) is 13.4. The Kier molecular flexibility index (Phi) is 7.81. The van der Waals surface area contributed by atoms with Gasteiger partial charge in [0.1, 0.15) is 5.75 Å². The molecule has 2 amide bonds. The number of ether oxygens (including phenoxy) is 1. The van der Waals surface area contributed by atoms with Crippen LogP contribution < -0.4 is 9.64 Å². The number of rotatable bonds is 9. The standard InChI is InChI=1S/C22H31N3O3/c1-6-25(7-2)22(27)16-23(3)15-21(26)24(4)14-17-8-9-19-13-20(28-5)11-10-18(19)12-17/h8-13H,6-7,14-16H2,1-5H3/p+1. The van der Waals surface area contributed by atoms with Crippen molar-refractivity contribution in [2.45, 2.75) is 20.4 Å². The highest BCUT2D eigenvalue weighted by molar-refractivity contribution is 5.85. The summed E-state index contributed by atoms with van der Waals surface area (Å²) in [5.41, 5.74) is 1.07. The molecular formula is C22H32N3O3+. The maximum Gasteiger partial charge on any atom is 0.277 e. The van der Waals surface area contributed by atoms with E-state index in [2.05, 4.69) is 6.07 Å². The molecule has 0 aliphatic heterocycles. The molecule has 0 aliphatic carbocycles. The normalized spacial score (nSPS) is 11.9. The lowest BCUT2D eigenvalue weighted by atomic mass is 10.1. The van der Waals surface area contributed by atoms with Gasteiger partial charge in [-0.1, -0.05) is 18.2 Å². The summed E-state index contributed by atoms with van der Waals surface area (Å²) in [7, 11) is 5.35. The second kappa shape index (κ2) is 10.1. The molecule has 2 aromatic rings. The third-order valence-electron chi connectivity index (χ3n) is 4.98. The highest BCUT2D eigenvalue weighted by Gasteiger charge is 2.19. The van der Waals surface area contributed by atoms with Crippen molar-refractivity contribution in [2.75, 3.05) is 47.4 Å². The van der Waals surface area contributed by atoms with Crippen molar-refractivity contribution in [3.8, 4) is 5.75 Å². The van der Waals surface area contributed by atoms with Gasteiger partial charge in [0.05, 0.1) is 14.2 Å². The van der Waals surface area contributed by atoms with Crippen LogP contribution >= 0.6 is 0 Å². The van der Waals surface area contributed by atoms with Crippen LogP contribution in [0.25, 0.3) is 10.8 Å². The molecule has 6 heteroatoms. The minimum Gasteiger partial charge on any atom is -0.497 e. The van der Waals surface area contributed by atoms with E-state index >= 15 is 0 Å². The minimum absolute atomic E-state index is 0.0275. The fraction of sp³-hybridized carbons (Fsp3) is 0.455. The summed E-state index contributed by atoms with van der Waals surface area (Å²) >= 11 is 0. The molecule has 0 heterocycles. The lowest BCUT2D eigenvalue weighted by Crippen LogP contribution is -3.11. The van der Waals surface area contributed by atoms with E-state index in [4.69, 9.17) is 4.74 Å². The maximum absolute atomic E-state index is 12.6. The second-order valence-corrected chi connectivity index (χ2v) is 7.17. The van der Waals surface area contributed by atoms with Gasteiger partial charge in [0.15, 0.2) is 13.1 Å². The minimum atomic E-state index is 0.0275. The van der Waals surface area contributed by atoms with Crippen LogP contribution in [0.4, 0.5) is 0 Å². The van der Waals surface area contributed by atoms with Gasteiger partial charge in [0.25, 0.3) is 11.8 Å². The average Bonchev–Trinajstić information content (AvgIpc) is 2.68. The van der Waals surface area contributed by atoms with Crippen LogP contribution in [0.5, 0.6) is 5.75 Å². The van der Waals surface area contributed by atoms with Gasteiger partial charge < -0.3 is 19.4 Å². The number of hydrogen-bond donors (Lipinski definition) is 1. The van der Waals surface area contributed by atoms with E-state index in [-0.39, 0.29) is 11.8 Å². The fourth-order valence-electron chi connectivity index (χ4n) is 3.26. The molecular weight excluding hydrogens is 354 g/mol. The van der Waals surface area contributed by atoms with Gasteiger partial charge in [-0.25, -0.2) is 0 Å². The number of nitrogens with one attached hydrogen (secondary N) is 1. The highest BCUT2D eigenvalue weighted by Crippen LogP contribution is 2.22. The van der Waals surface area contributed by atoms with Crippen LogP contribution in [0.1, 0.15) is 19.4 Å². The smallest absolute Gasteiger partial charge is 0.277 e. The summed E-state index contributed by atoms with van der Waals surface area (Å²) in [6.07, 6.45) is 0. The molecule has 0 saturated heterocycles. The average molecular weight is 387 g/mol. The van der Waals surface area contributed by atoms with E-state index in [1.165, 1.54) is 0 Å². The number of likely N-dealkylation sites (N-methyl/N-ethyl adjacent to an activating group) is 3. The van der Waals surface area contributed by atoms with Gasteiger partial charge in [-0.2, -0.15) is 0 Å². The molecule has 1 atom stereocenters. The zero-order chi connectivity index (χ0) is 20.7. The Balaban J connectivity index is 1.94. The topological polar surface area (TPSA) is 54.3 Å². The zero-order valence-corrected chi connectivity index (χ0v) is 17.6. The van der Waals surface area contributed by atoms with Gasteiger partial charge >= 0.3 is 0 Å². The molecule has 0 spiro atoms. The fourth-order valence-corrected chi connectivity index (χ4v) is 3.26. The summed E-state index contributed by atoms with van der Waals surface area (Å²) in [5.74, 6) is 0.945. The van der Waals surface area contributed by atoms with Gasteiger partial charge in [0, 0.05) is 26.7 Å². The summed E-state index contributed by atoms with van der Waals surface area (Å²) in [5, 5.41) is 2.22. The number of hydrogen-bond acceptors (Lipinski definition) is 3. The monoisotopic (exact) mass is 386 g/mol. The predicted molar refractivity (Wildman–Crippen MR) is 112 cm³/mol. The number of nitrogens with zero attached hydrogens (tertiary/aromatic N) is 2. The molecule has 0 radical (unpaired) electrons. The van der Waals surface area contributed by atoms with E-state index in [1.54, 1.807) is 24.0 Å². The number of carbonyl (C=O) groups excluding carboxylic acids is 2. The van der Waals surface area contributed by atoms with Gasteiger partial charge in [-0.05, 0) is 48.4 Å². The highest BCUT2D eigenvalue weighted by atomic mass is 16.5. The number of carbonyl (C=O) groups is 2. The first kappa shape index (κ1) is 21.7. The van der Waals surface area contributed by atoms with Crippen LogP contribution in [-0.2, 0) is 16.1 Å². The molecule has 152 valence electrons. The second-order valence-electron chi connectivity index (χ2n) is 7.17. The van der Waals surface area contributed by atoms with E-state index in [9.17, 15) is 9.59 Å². The number of benzene rings is 2. The Morgan fingerprint density at radius 2 is 1.57 bits per heavy atom. The molecule has 1 unspecified atom stereocenters. The SMILES string of the molecule is CCN(CC)C(=O)C[NH+](C)CC(=O)N(C)Cc1ccc2cc(OC)ccc2c1. The van der Waals surface area contributed by atoms with Crippen LogP contribution in [-0.4, -0.2) is 69.0 Å². The Bertz CT molecular complexity index is 818. The summed E-state index contributed by atoms with van der Waals surface area (Å²) in [4.78, 5) is 29.2.